The second-order valence-corrected chi connectivity index (χ2v) is 5.86. The van der Waals surface area contributed by atoms with Gasteiger partial charge in [-0.3, -0.25) is 0 Å². The van der Waals surface area contributed by atoms with Crippen LogP contribution >= 0.6 is 0 Å². The summed E-state index contributed by atoms with van der Waals surface area (Å²) in [6.45, 7) is 0. The number of ether oxygens (including phenoxy) is 1. The molecule has 0 aromatic heterocycles. The molecule has 3 N–H and O–H groups in total. The van der Waals surface area contributed by atoms with Crippen molar-refractivity contribution in [1.82, 2.24) is 4.72 Å². The van der Waals surface area contributed by atoms with E-state index in [1.54, 1.807) is 0 Å². The quantitative estimate of drug-likeness (QED) is 0.586. The lowest BCUT2D eigenvalue weighted by Crippen LogP contribution is -2.32. The predicted molar refractivity (Wildman–Crippen MR) is 66.2 cm³/mol. The molecule has 1 fully saturated rings. The van der Waals surface area contributed by atoms with Gasteiger partial charge in [0, 0.05) is 6.04 Å². The van der Waals surface area contributed by atoms with Gasteiger partial charge in [0.05, 0.1) is 7.11 Å². The molecular weight excluding hydrogens is 257 g/mol. The summed E-state index contributed by atoms with van der Waals surface area (Å²) >= 11 is 0. The lowest BCUT2D eigenvalue weighted by atomic mass is 9.80. The first-order valence-electron chi connectivity index (χ1n) is 5.50. The van der Waals surface area contributed by atoms with Crippen molar-refractivity contribution in [2.75, 3.05) is 7.11 Å². The van der Waals surface area contributed by atoms with Gasteiger partial charge in [-0.15, -0.1) is 0 Å². The molecule has 98 valence electrons. The summed E-state index contributed by atoms with van der Waals surface area (Å²) in [6.07, 6.45) is 1.65. The minimum atomic E-state index is -3.69. The Morgan fingerprint density at radius 2 is 2.06 bits per heavy atom. The maximum Gasteiger partial charge on any atom is 0.488 e. The zero-order chi connectivity index (χ0) is 13.3. The summed E-state index contributed by atoms with van der Waals surface area (Å²) in [5.74, 6) is 0.174. The fourth-order valence-electron chi connectivity index (χ4n) is 1.55. The van der Waals surface area contributed by atoms with Gasteiger partial charge in [0.25, 0.3) is 0 Å². The molecule has 18 heavy (non-hydrogen) atoms. The van der Waals surface area contributed by atoms with E-state index < -0.39 is 17.1 Å². The van der Waals surface area contributed by atoms with E-state index in [9.17, 15) is 8.42 Å². The van der Waals surface area contributed by atoms with Gasteiger partial charge in [-0.05, 0) is 30.4 Å². The van der Waals surface area contributed by atoms with E-state index in [1.165, 1.54) is 25.3 Å². The molecule has 0 atom stereocenters. The van der Waals surface area contributed by atoms with Crippen LogP contribution in [0, 0.1) is 0 Å². The molecule has 0 spiro atoms. The molecule has 2 rings (SSSR count). The summed E-state index contributed by atoms with van der Waals surface area (Å²) in [5, 5.41) is 18.1. The molecule has 0 saturated heterocycles. The molecule has 0 aliphatic heterocycles. The van der Waals surface area contributed by atoms with Crippen molar-refractivity contribution < 1.29 is 23.2 Å². The van der Waals surface area contributed by atoms with Crippen LogP contribution in [0.25, 0.3) is 0 Å². The monoisotopic (exact) mass is 271 g/mol. The van der Waals surface area contributed by atoms with Gasteiger partial charge in [-0.25, -0.2) is 13.1 Å². The summed E-state index contributed by atoms with van der Waals surface area (Å²) in [7, 11) is -4.05. The van der Waals surface area contributed by atoms with Crippen LogP contribution < -0.4 is 14.9 Å². The highest BCUT2D eigenvalue weighted by molar-refractivity contribution is 7.89. The van der Waals surface area contributed by atoms with E-state index in [0.717, 1.165) is 12.8 Å². The largest absolute Gasteiger partial charge is 0.495 e. The van der Waals surface area contributed by atoms with Crippen molar-refractivity contribution in [3.05, 3.63) is 18.2 Å². The van der Waals surface area contributed by atoms with Crippen molar-refractivity contribution in [3.8, 4) is 5.75 Å². The Labute approximate surface area is 106 Å². The number of hydrogen-bond acceptors (Lipinski definition) is 5. The van der Waals surface area contributed by atoms with Crippen LogP contribution in [0.2, 0.25) is 0 Å². The maximum atomic E-state index is 12.1. The Morgan fingerprint density at radius 1 is 1.39 bits per heavy atom. The molecule has 0 radical (unpaired) electrons. The van der Waals surface area contributed by atoms with Crippen LogP contribution in [-0.2, 0) is 10.0 Å². The average molecular weight is 271 g/mol. The van der Waals surface area contributed by atoms with Crippen LogP contribution in [0.1, 0.15) is 12.8 Å². The van der Waals surface area contributed by atoms with Crippen molar-refractivity contribution in [2.45, 2.75) is 23.8 Å². The normalized spacial score (nSPS) is 15.5. The second kappa shape index (κ2) is 4.89. The van der Waals surface area contributed by atoms with Crippen LogP contribution in [0.3, 0.4) is 0 Å². The highest BCUT2D eigenvalue weighted by Crippen LogP contribution is 2.26. The minimum absolute atomic E-state index is 0.0255. The molecule has 0 bridgehead atoms. The third kappa shape index (κ3) is 2.84. The molecule has 1 aromatic carbocycles. The maximum absolute atomic E-state index is 12.1. The highest BCUT2D eigenvalue weighted by Gasteiger charge is 2.30. The zero-order valence-electron chi connectivity index (χ0n) is 9.83. The number of hydrogen-bond donors (Lipinski definition) is 3. The summed E-state index contributed by atoms with van der Waals surface area (Å²) in [6, 6.07) is 3.98. The molecule has 1 saturated carbocycles. The van der Waals surface area contributed by atoms with E-state index in [4.69, 9.17) is 14.8 Å². The molecule has 6 nitrogen and oxygen atoms in total. The fourth-order valence-corrected chi connectivity index (χ4v) is 3.06. The summed E-state index contributed by atoms with van der Waals surface area (Å²) in [4.78, 5) is -0.0810. The highest BCUT2D eigenvalue weighted by atomic mass is 32.2. The summed E-state index contributed by atoms with van der Waals surface area (Å²) in [5.41, 5.74) is 0.104. The molecule has 0 amide bonds. The Hall–Kier alpha value is -1.09. The van der Waals surface area contributed by atoms with E-state index in [1.807, 2.05) is 0 Å². The van der Waals surface area contributed by atoms with Crippen LogP contribution in [-0.4, -0.2) is 38.7 Å². The number of methoxy groups -OCH3 is 1. The smallest absolute Gasteiger partial charge is 0.488 e. The van der Waals surface area contributed by atoms with Crippen LogP contribution in [0.5, 0.6) is 5.75 Å². The van der Waals surface area contributed by atoms with Gasteiger partial charge in [0.1, 0.15) is 10.6 Å². The van der Waals surface area contributed by atoms with E-state index in [0.29, 0.717) is 0 Å². The Morgan fingerprint density at radius 3 is 2.56 bits per heavy atom. The minimum Gasteiger partial charge on any atom is -0.495 e. The number of rotatable bonds is 5. The number of nitrogens with one attached hydrogen (secondary N) is 1. The lowest BCUT2D eigenvalue weighted by Gasteiger charge is -2.11. The zero-order valence-corrected chi connectivity index (χ0v) is 10.6. The third-order valence-corrected chi connectivity index (χ3v) is 4.22. The van der Waals surface area contributed by atoms with Gasteiger partial charge < -0.3 is 14.8 Å². The fraction of sp³-hybridized carbons (Fsp3) is 0.400. The van der Waals surface area contributed by atoms with Crippen LogP contribution in [0.4, 0.5) is 0 Å². The first-order chi connectivity index (χ1) is 8.44. The van der Waals surface area contributed by atoms with Crippen molar-refractivity contribution in [1.29, 1.82) is 0 Å². The molecule has 1 aliphatic carbocycles. The molecular formula is C10H14BNO5S. The topological polar surface area (TPSA) is 95.9 Å². The van der Waals surface area contributed by atoms with Crippen molar-refractivity contribution in [3.63, 3.8) is 0 Å². The van der Waals surface area contributed by atoms with Gasteiger partial charge in [0.2, 0.25) is 10.0 Å². The standard InChI is InChI=1S/C10H14BNO5S/c1-17-9-5-2-7(11(13)14)6-10(9)18(15,16)12-8-3-4-8/h2,5-6,8,12-14H,3-4H2,1H3. The molecule has 0 unspecified atom stereocenters. The number of sulfonamides is 1. The first kappa shape index (κ1) is 13.3. The van der Waals surface area contributed by atoms with E-state index >= 15 is 0 Å². The Balaban J connectivity index is 2.42. The Kier molecular flexibility index (Phi) is 3.62. The predicted octanol–water partition coefficient (Wildman–Crippen LogP) is -1.18. The molecule has 1 aliphatic rings. The first-order valence-corrected chi connectivity index (χ1v) is 6.99. The lowest BCUT2D eigenvalue weighted by molar-refractivity contribution is 0.402. The van der Waals surface area contributed by atoms with Gasteiger partial charge in [-0.1, -0.05) is 6.07 Å². The Bertz CT molecular complexity index is 541. The molecule has 1 aromatic rings. The summed E-state index contributed by atoms with van der Waals surface area (Å²) < 4.78 is 31.7. The van der Waals surface area contributed by atoms with Crippen molar-refractivity contribution >= 4 is 22.6 Å². The molecule has 8 heteroatoms. The van der Waals surface area contributed by atoms with Gasteiger partial charge in [0.15, 0.2) is 0 Å². The second-order valence-electron chi connectivity index (χ2n) is 4.18. The third-order valence-electron chi connectivity index (χ3n) is 2.67. The number of benzene rings is 1. The molecule has 0 heterocycles. The van der Waals surface area contributed by atoms with E-state index in [-0.39, 0.29) is 22.1 Å². The van der Waals surface area contributed by atoms with E-state index in [2.05, 4.69) is 4.72 Å². The average Bonchev–Trinajstić information content (AvgIpc) is 3.11. The van der Waals surface area contributed by atoms with Crippen LogP contribution in [0.15, 0.2) is 23.1 Å². The van der Waals surface area contributed by atoms with Gasteiger partial charge in [-0.2, -0.15) is 0 Å². The SMILES string of the molecule is COc1ccc(B(O)O)cc1S(=O)(=O)NC1CC1. The van der Waals surface area contributed by atoms with Gasteiger partial charge >= 0.3 is 7.12 Å². The van der Waals surface area contributed by atoms with Crippen molar-refractivity contribution in [2.24, 2.45) is 0 Å².